The first kappa shape index (κ1) is 9.00. The summed E-state index contributed by atoms with van der Waals surface area (Å²) in [5, 5.41) is 0. The molecule has 0 saturated heterocycles. The van der Waals surface area contributed by atoms with Gasteiger partial charge in [-0.3, -0.25) is 0 Å². The first-order valence-electron chi connectivity index (χ1n) is 3.68. The first-order chi connectivity index (χ1) is 5.38. The maximum Gasteiger partial charge on any atom is 0.110 e. The average Bonchev–Trinajstić information content (AvgIpc) is 2.06. The molecule has 0 saturated carbocycles. The van der Waals surface area contributed by atoms with Gasteiger partial charge in [0, 0.05) is 0 Å². The summed E-state index contributed by atoms with van der Waals surface area (Å²) in [4.78, 5) is 0. The van der Waals surface area contributed by atoms with E-state index in [4.69, 9.17) is 3.07 Å². The molecular weight excluding hydrogens is 251 g/mol. The highest BCUT2D eigenvalue weighted by atomic mass is 127. The van der Waals surface area contributed by atoms with Gasteiger partial charge in [-0.25, -0.2) is 0 Å². The molecule has 0 fully saturated rings. The van der Waals surface area contributed by atoms with Crippen molar-refractivity contribution in [1.82, 2.24) is 0 Å². The third-order valence-electron chi connectivity index (χ3n) is 1.71. The van der Waals surface area contributed by atoms with Gasteiger partial charge in [-0.2, -0.15) is 0 Å². The number of halogens is 1. The summed E-state index contributed by atoms with van der Waals surface area (Å²) >= 11 is 1.92. The third-order valence-corrected chi connectivity index (χ3v) is 2.02. The van der Waals surface area contributed by atoms with E-state index in [1.807, 2.05) is 29.1 Å². The van der Waals surface area contributed by atoms with Crippen molar-refractivity contribution in [3.63, 3.8) is 0 Å². The first-order valence-corrected chi connectivity index (χ1v) is 4.57. The van der Waals surface area contributed by atoms with E-state index in [0.29, 0.717) is 6.61 Å². The van der Waals surface area contributed by atoms with Crippen LogP contribution >= 0.6 is 23.0 Å². The van der Waals surface area contributed by atoms with Crippen molar-refractivity contribution < 1.29 is 3.07 Å². The molecule has 0 aliphatic rings. The van der Waals surface area contributed by atoms with Crippen molar-refractivity contribution in [2.75, 3.05) is 0 Å². The van der Waals surface area contributed by atoms with Crippen molar-refractivity contribution in [3.05, 3.63) is 35.4 Å². The normalized spacial score (nSPS) is 10.0. The van der Waals surface area contributed by atoms with E-state index in [-0.39, 0.29) is 0 Å². The monoisotopic (exact) mass is 262 g/mol. The molecule has 0 unspecified atom stereocenters. The summed E-state index contributed by atoms with van der Waals surface area (Å²) in [5.74, 6) is 0. The van der Waals surface area contributed by atoms with Gasteiger partial charge in [0.15, 0.2) is 0 Å². The highest BCUT2D eigenvalue weighted by Gasteiger charge is 1.97. The SMILES string of the molecule is CCc1ccccc1COI. The van der Waals surface area contributed by atoms with Crippen LogP contribution < -0.4 is 0 Å². The number of hydrogen-bond donors (Lipinski definition) is 0. The summed E-state index contributed by atoms with van der Waals surface area (Å²) in [6, 6.07) is 8.36. The summed E-state index contributed by atoms with van der Waals surface area (Å²) in [6.45, 7) is 2.87. The molecular formula is C9H11IO. The Morgan fingerprint density at radius 3 is 2.45 bits per heavy atom. The zero-order chi connectivity index (χ0) is 8.10. The number of hydrogen-bond acceptors (Lipinski definition) is 1. The second kappa shape index (κ2) is 4.72. The van der Waals surface area contributed by atoms with E-state index >= 15 is 0 Å². The van der Waals surface area contributed by atoms with E-state index in [1.165, 1.54) is 11.1 Å². The van der Waals surface area contributed by atoms with Crippen LogP contribution in [0.1, 0.15) is 18.1 Å². The van der Waals surface area contributed by atoms with Crippen LogP contribution in [0.5, 0.6) is 0 Å². The van der Waals surface area contributed by atoms with Crippen molar-refractivity contribution in [2.45, 2.75) is 20.0 Å². The molecule has 60 valence electrons. The Kier molecular flexibility index (Phi) is 3.86. The topological polar surface area (TPSA) is 9.23 Å². The van der Waals surface area contributed by atoms with Crippen LogP contribution in [0.3, 0.4) is 0 Å². The van der Waals surface area contributed by atoms with Crippen LogP contribution in [0.15, 0.2) is 24.3 Å². The molecule has 0 aliphatic heterocycles. The molecule has 1 rings (SSSR count). The van der Waals surface area contributed by atoms with Crippen LogP contribution in [0, 0.1) is 0 Å². The van der Waals surface area contributed by atoms with Crippen molar-refractivity contribution in [1.29, 1.82) is 0 Å². The predicted molar refractivity (Wildman–Crippen MR) is 54.6 cm³/mol. The van der Waals surface area contributed by atoms with Gasteiger partial charge < -0.3 is 3.07 Å². The quantitative estimate of drug-likeness (QED) is 0.760. The van der Waals surface area contributed by atoms with E-state index in [0.717, 1.165) is 6.42 Å². The Balaban J connectivity index is 2.83. The minimum Gasteiger partial charge on any atom is -0.311 e. The molecule has 0 amide bonds. The lowest BCUT2D eigenvalue weighted by atomic mass is 10.1. The molecule has 1 nitrogen and oxygen atoms in total. The molecule has 1 aromatic carbocycles. The maximum atomic E-state index is 5.04. The Morgan fingerprint density at radius 1 is 1.27 bits per heavy atom. The van der Waals surface area contributed by atoms with E-state index < -0.39 is 0 Å². The summed E-state index contributed by atoms with van der Waals surface area (Å²) in [5.41, 5.74) is 2.67. The molecule has 1 aromatic rings. The van der Waals surface area contributed by atoms with Crippen molar-refractivity contribution in [3.8, 4) is 0 Å². The third kappa shape index (κ3) is 2.45. The second-order valence-corrected chi connectivity index (χ2v) is 3.00. The van der Waals surface area contributed by atoms with Crippen LogP contribution in [-0.4, -0.2) is 0 Å². The van der Waals surface area contributed by atoms with Gasteiger partial charge in [0.2, 0.25) is 0 Å². The highest BCUT2D eigenvalue weighted by Crippen LogP contribution is 2.11. The summed E-state index contributed by atoms with van der Waals surface area (Å²) in [6.07, 6.45) is 1.08. The van der Waals surface area contributed by atoms with Gasteiger partial charge in [0.25, 0.3) is 0 Å². The van der Waals surface area contributed by atoms with Crippen molar-refractivity contribution >= 4 is 23.0 Å². The molecule has 0 heterocycles. The van der Waals surface area contributed by atoms with Crippen LogP contribution in [0.2, 0.25) is 0 Å². The minimum atomic E-state index is 0.713. The number of aryl methyl sites for hydroxylation is 1. The molecule has 11 heavy (non-hydrogen) atoms. The Labute approximate surface area is 81.5 Å². The van der Waals surface area contributed by atoms with Crippen LogP contribution in [0.4, 0.5) is 0 Å². The van der Waals surface area contributed by atoms with Gasteiger partial charge in [-0.15, -0.1) is 0 Å². The molecule has 0 spiro atoms. The van der Waals surface area contributed by atoms with E-state index in [9.17, 15) is 0 Å². The zero-order valence-electron chi connectivity index (χ0n) is 6.51. The molecule has 2 heteroatoms. The lowest BCUT2D eigenvalue weighted by Gasteiger charge is -2.03. The summed E-state index contributed by atoms with van der Waals surface area (Å²) < 4.78 is 5.04. The Bertz CT molecular complexity index is 223. The van der Waals surface area contributed by atoms with E-state index in [1.54, 1.807) is 0 Å². The van der Waals surface area contributed by atoms with Crippen molar-refractivity contribution in [2.24, 2.45) is 0 Å². The summed E-state index contributed by atoms with van der Waals surface area (Å²) in [7, 11) is 0. The average molecular weight is 262 g/mol. The number of benzene rings is 1. The maximum absolute atomic E-state index is 5.04. The molecule has 0 aromatic heterocycles. The minimum absolute atomic E-state index is 0.713. The highest BCUT2D eigenvalue weighted by molar-refractivity contribution is 14.1. The number of rotatable bonds is 3. The zero-order valence-corrected chi connectivity index (χ0v) is 8.67. The van der Waals surface area contributed by atoms with Gasteiger partial charge in [0.1, 0.15) is 23.0 Å². The van der Waals surface area contributed by atoms with Gasteiger partial charge in [-0.05, 0) is 17.5 Å². The van der Waals surface area contributed by atoms with Gasteiger partial charge in [0.05, 0.1) is 6.61 Å². The fourth-order valence-corrected chi connectivity index (χ4v) is 1.44. The van der Waals surface area contributed by atoms with Crippen LogP contribution in [0.25, 0.3) is 0 Å². The van der Waals surface area contributed by atoms with Gasteiger partial charge in [-0.1, -0.05) is 31.2 Å². The fraction of sp³-hybridized carbons (Fsp3) is 0.333. The molecule has 0 N–H and O–H groups in total. The fourth-order valence-electron chi connectivity index (χ4n) is 1.10. The smallest absolute Gasteiger partial charge is 0.110 e. The standard InChI is InChI=1S/C9H11IO/c1-2-8-5-3-4-6-9(8)7-11-10/h3-6H,2,7H2,1H3. The molecule has 0 aliphatic carbocycles. The largest absolute Gasteiger partial charge is 0.311 e. The lowest BCUT2D eigenvalue weighted by molar-refractivity contribution is 0.416. The molecule has 0 atom stereocenters. The van der Waals surface area contributed by atoms with E-state index in [2.05, 4.69) is 25.1 Å². The van der Waals surface area contributed by atoms with Crippen LogP contribution in [-0.2, 0) is 16.1 Å². The molecule has 0 bridgehead atoms. The lowest BCUT2D eigenvalue weighted by Crippen LogP contribution is -1.91. The Hall–Kier alpha value is -0.0900. The Morgan fingerprint density at radius 2 is 1.91 bits per heavy atom. The second-order valence-electron chi connectivity index (χ2n) is 2.38. The molecule has 0 radical (unpaired) electrons. The predicted octanol–water partition coefficient (Wildman–Crippen LogP) is 3.12. The van der Waals surface area contributed by atoms with Gasteiger partial charge >= 0.3 is 0 Å².